The first-order chi connectivity index (χ1) is 16.5. The second-order valence-corrected chi connectivity index (χ2v) is 9.04. The number of unbranched alkanes of at least 4 members (excludes halogenated alkanes) is 1. The Morgan fingerprint density at radius 3 is 2.35 bits per heavy atom. The van der Waals surface area contributed by atoms with Gasteiger partial charge in [0.2, 0.25) is 5.91 Å². The van der Waals surface area contributed by atoms with Crippen LogP contribution in [0.15, 0.2) is 36.4 Å². The minimum absolute atomic E-state index is 0.190. The molecule has 1 aliphatic heterocycles. The molecule has 1 amide bonds. The molecule has 34 heavy (non-hydrogen) atoms. The third kappa shape index (κ3) is 7.39. The lowest BCUT2D eigenvalue weighted by Crippen LogP contribution is -2.35. The molecular formula is C28H40N2O4. The van der Waals surface area contributed by atoms with E-state index < -0.39 is 0 Å². The van der Waals surface area contributed by atoms with Crippen molar-refractivity contribution in [2.45, 2.75) is 45.4 Å². The van der Waals surface area contributed by atoms with Gasteiger partial charge in [0.15, 0.2) is 11.5 Å². The highest BCUT2D eigenvalue weighted by Crippen LogP contribution is 2.32. The molecule has 0 aliphatic carbocycles. The molecule has 6 nitrogen and oxygen atoms in total. The van der Waals surface area contributed by atoms with Crippen LogP contribution in [0, 0.1) is 0 Å². The maximum atomic E-state index is 12.9. The van der Waals surface area contributed by atoms with E-state index in [1.165, 1.54) is 11.1 Å². The van der Waals surface area contributed by atoms with Gasteiger partial charge < -0.3 is 24.0 Å². The molecule has 0 unspecified atom stereocenters. The molecule has 0 radical (unpaired) electrons. The molecule has 0 aromatic heterocycles. The van der Waals surface area contributed by atoms with E-state index >= 15 is 0 Å². The van der Waals surface area contributed by atoms with Crippen molar-refractivity contribution in [3.63, 3.8) is 0 Å². The Bertz CT molecular complexity index is 913. The number of amides is 1. The van der Waals surface area contributed by atoms with Gasteiger partial charge in [-0.2, -0.15) is 0 Å². The summed E-state index contributed by atoms with van der Waals surface area (Å²) >= 11 is 0. The van der Waals surface area contributed by atoms with E-state index in [1.54, 1.807) is 14.2 Å². The zero-order valence-corrected chi connectivity index (χ0v) is 21.3. The highest BCUT2D eigenvalue weighted by molar-refractivity contribution is 5.80. The minimum atomic E-state index is 0.190. The number of fused-ring (bicyclic) bond motifs is 1. The second-order valence-electron chi connectivity index (χ2n) is 9.04. The zero-order valence-electron chi connectivity index (χ0n) is 21.3. The van der Waals surface area contributed by atoms with Gasteiger partial charge in [-0.3, -0.25) is 4.79 Å². The van der Waals surface area contributed by atoms with E-state index in [1.807, 2.05) is 17.0 Å². The van der Waals surface area contributed by atoms with E-state index in [0.717, 1.165) is 82.0 Å². The molecule has 0 saturated heterocycles. The van der Waals surface area contributed by atoms with E-state index in [2.05, 4.69) is 43.1 Å². The Morgan fingerprint density at radius 2 is 1.68 bits per heavy atom. The third-order valence-electron chi connectivity index (χ3n) is 6.49. The molecule has 2 aromatic carbocycles. The van der Waals surface area contributed by atoms with Gasteiger partial charge >= 0.3 is 0 Å². The van der Waals surface area contributed by atoms with Crippen molar-refractivity contribution in [1.82, 2.24) is 9.80 Å². The van der Waals surface area contributed by atoms with Crippen molar-refractivity contribution >= 4 is 5.91 Å². The number of ether oxygens (including phenoxy) is 3. The van der Waals surface area contributed by atoms with Gasteiger partial charge in [0.1, 0.15) is 5.75 Å². The lowest BCUT2D eigenvalue weighted by atomic mass is 10.0. The summed E-state index contributed by atoms with van der Waals surface area (Å²) in [6.45, 7) is 6.45. The van der Waals surface area contributed by atoms with E-state index in [4.69, 9.17) is 14.2 Å². The zero-order chi connectivity index (χ0) is 24.3. The standard InChI is InChI=1S/C28H40N2O4/c1-5-6-18-34-25-10-8-22(9-11-25)12-16-29(2)14-7-15-30-17-13-23-19-26(32-3)27(33-4)20-24(23)21-28(30)31/h8-11,19-20H,5-7,12-18,21H2,1-4H3. The molecule has 0 N–H and O–H groups in total. The van der Waals surface area contributed by atoms with Gasteiger partial charge in [-0.15, -0.1) is 0 Å². The monoisotopic (exact) mass is 468 g/mol. The quantitative estimate of drug-likeness (QED) is 0.409. The SMILES string of the molecule is CCCCOc1ccc(CCN(C)CCCN2CCc3cc(OC)c(OC)cc3CC2=O)cc1. The number of hydrogen-bond donors (Lipinski definition) is 0. The average molecular weight is 469 g/mol. The Morgan fingerprint density at radius 1 is 0.971 bits per heavy atom. The molecule has 2 aromatic rings. The number of rotatable bonds is 13. The van der Waals surface area contributed by atoms with Crippen molar-refractivity contribution in [2.75, 3.05) is 54.1 Å². The third-order valence-corrected chi connectivity index (χ3v) is 6.49. The number of hydrogen-bond acceptors (Lipinski definition) is 5. The van der Waals surface area contributed by atoms with Crippen molar-refractivity contribution in [3.05, 3.63) is 53.1 Å². The maximum absolute atomic E-state index is 12.9. The molecule has 1 aliphatic rings. The van der Waals surface area contributed by atoms with Crippen LogP contribution in [-0.2, 0) is 24.1 Å². The maximum Gasteiger partial charge on any atom is 0.227 e. The van der Waals surface area contributed by atoms with Crippen LogP contribution < -0.4 is 14.2 Å². The highest BCUT2D eigenvalue weighted by atomic mass is 16.5. The van der Waals surface area contributed by atoms with Crippen LogP contribution in [0.2, 0.25) is 0 Å². The van der Waals surface area contributed by atoms with Gasteiger partial charge in [-0.05, 0) is 80.2 Å². The highest BCUT2D eigenvalue weighted by Gasteiger charge is 2.22. The summed E-state index contributed by atoms with van der Waals surface area (Å²) in [7, 11) is 5.43. The Labute approximate surface area is 204 Å². The summed E-state index contributed by atoms with van der Waals surface area (Å²) in [6, 6.07) is 12.4. The van der Waals surface area contributed by atoms with Gasteiger partial charge in [-0.1, -0.05) is 25.5 Å². The molecule has 186 valence electrons. The summed E-state index contributed by atoms with van der Waals surface area (Å²) in [5.74, 6) is 2.55. The van der Waals surface area contributed by atoms with E-state index in [9.17, 15) is 4.79 Å². The largest absolute Gasteiger partial charge is 0.494 e. The molecule has 0 saturated carbocycles. The van der Waals surface area contributed by atoms with Gasteiger partial charge in [0.05, 0.1) is 27.2 Å². The van der Waals surface area contributed by atoms with Gasteiger partial charge in [0, 0.05) is 19.6 Å². The first-order valence-electron chi connectivity index (χ1n) is 12.5. The fourth-order valence-corrected chi connectivity index (χ4v) is 4.30. The fraction of sp³-hybridized carbons (Fsp3) is 0.536. The summed E-state index contributed by atoms with van der Waals surface area (Å²) in [4.78, 5) is 17.2. The van der Waals surface area contributed by atoms with Crippen molar-refractivity contribution in [2.24, 2.45) is 0 Å². The summed E-state index contributed by atoms with van der Waals surface area (Å²) in [5, 5.41) is 0. The summed E-state index contributed by atoms with van der Waals surface area (Å²) in [6.07, 6.45) is 5.47. The number of benzene rings is 2. The number of nitrogens with zero attached hydrogens (tertiary/aromatic N) is 2. The second kappa shape index (κ2) is 13.2. The summed E-state index contributed by atoms with van der Waals surface area (Å²) in [5.41, 5.74) is 3.54. The van der Waals surface area contributed by atoms with Crippen LogP contribution in [0.25, 0.3) is 0 Å². The van der Waals surface area contributed by atoms with Crippen LogP contribution in [-0.4, -0.2) is 69.8 Å². The van der Waals surface area contributed by atoms with E-state index in [-0.39, 0.29) is 5.91 Å². The minimum Gasteiger partial charge on any atom is -0.494 e. The molecule has 1 heterocycles. The number of methoxy groups -OCH3 is 2. The Balaban J connectivity index is 1.41. The molecule has 0 fully saturated rings. The Hall–Kier alpha value is -2.73. The average Bonchev–Trinajstić information content (AvgIpc) is 3.00. The lowest BCUT2D eigenvalue weighted by Gasteiger charge is -2.23. The normalized spacial score (nSPS) is 13.6. The lowest BCUT2D eigenvalue weighted by molar-refractivity contribution is -0.130. The molecular weight excluding hydrogens is 428 g/mol. The van der Waals surface area contributed by atoms with Gasteiger partial charge in [-0.25, -0.2) is 0 Å². The van der Waals surface area contributed by atoms with Crippen molar-refractivity contribution in [1.29, 1.82) is 0 Å². The molecule has 0 bridgehead atoms. The first kappa shape index (κ1) is 25.9. The van der Waals surface area contributed by atoms with Crippen molar-refractivity contribution < 1.29 is 19.0 Å². The first-order valence-corrected chi connectivity index (χ1v) is 12.5. The smallest absolute Gasteiger partial charge is 0.227 e. The fourth-order valence-electron chi connectivity index (χ4n) is 4.30. The topological polar surface area (TPSA) is 51.2 Å². The summed E-state index contributed by atoms with van der Waals surface area (Å²) < 4.78 is 16.6. The predicted molar refractivity (Wildman–Crippen MR) is 136 cm³/mol. The number of likely N-dealkylation sites (N-methyl/N-ethyl adjacent to an activating group) is 1. The molecule has 0 atom stereocenters. The van der Waals surface area contributed by atoms with Crippen LogP contribution in [0.3, 0.4) is 0 Å². The number of carbonyl (C=O) groups is 1. The molecule has 3 rings (SSSR count). The Kier molecular flexibility index (Phi) is 10.1. The van der Waals surface area contributed by atoms with Crippen LogP contribution >= 0.6 is 0 Å². The number of carbonyl (C=O) groups excluding carboxylic acids is 1. The van der Waals surface area contributed by atoms with Crippen LogP contribution in [0.1, 0.15) is 42.9 Å². The van der Waals surface area contributed by atoms with E-state index in [0.29, 0.717) is 12.2 Å². The molecule has 6 heteroatoms. The van der Waals surface area contributed by atoms with Crippen LogP contribution in [0.4, 0.5) is 0 Å². The predicted octanol–water partition coefficient (Wildman–Crippen LogP) is 4.37. The van der Waals surface area contributed by atoms with Crippen molar-refractivity contribution in [3.8, 4) is 17.2 Å². The van der Waals surface area contributed by atoms with Gasteiger partial charge in [0.25, 0.3) is 0 Å². The molecule has 0 spiro atoms. The van der Waals surface area contributed by atoms with Crippen LogP contribution in [0.5, 0.6) is 17.2 Å².